The lowest BCUT2D eigenvalue weighted by atomic mass is 9.83. The summed E-state index contributed by atoms with van der Waals surface area (Å²) in [5, 5.41) is 12.6. The third-order valence-corrected chi connectivity index (χ3v) is 5.71. The predicted octanol–water partition coefficient (Wildman–Crippen LogP) is 5.03. The average molecular weight is 415 g/mol. The molecule has 1 aliphatic rings. The number of unbranched alkanes of at least 4 members (excludes halogenated alkanes) is 4. The monoisotopic (exact) mass is 414 g/mol. The van der Waals surface area contributed by atoms with Crippen molar-refractivity contribution >= 4 is 23.6 Å². The van der Waals surface area contributed by atoms with E-state index in [0.717, 1.165) is 36.8 Å². The average Bonchev–Trinajstić information content (AvgIpc) is 3.06. The Morgan fingerprint density at radius 1 is 0.966 bits per heavy atom. The summed E-state index contributed by atoms with van der Waals surface area (Å²) in [5.74, 6) is -0.738. The van der Waals surface area contributed by atoms with Crippen LogP contribution >= 0.6 is 11.6 Å². The summed E-state index contributed by atoms with van der Waals surface area (Å²) < 4.78 is 0. The fraction of sp³-hybridized carbons (Fsp3) is 0.391. The lowest BCUT2D eigenvalue weighted by molar-refractivity contribution is -0.137. The summed E-state index contributed by atoms with van der Waals surface area (Å²) >= 11 is 6.07. The van der Waals surface area contributed by atoms with Crippen LogP contribution in [0.2, 0.25) is 5.02 Å². The summed E-state index contributed by atoms with van der Waals surface area (Å²) in [4.78, 5) is 25.2. The third kappa shape index (κ3) is 5.30. The maximum Gasteiger partial charge on any atom is 0.318 e. The molecule has 3 rings (SSSR count). The minimum Gasteiger partial charge on any atom is -0.481 e. The molecule has 0 aliphatic carbocycles. The molecule has 1 fully saturated rings. The van der Waals surface area contributed by atoms with Crippen molar-refractivity contribution in [2.75, 3.05) is 13.1 Å². The number of aliphatic carboxylic acids is 1. The Morgan fingerprint density at radius 3 is 2.28 bits per heavy atom. The zero-order valence-corrected chi connectivity index (χ0v) is 17.2. The van der Waals surface area contributed by atoms with E-state index >= 15 is 0 Å². The number of carbonyl (C=O) groups excluding carboxylic acids is 1. The van der Waals surface area contributed by atoms with Crippen molar-refractivity contribution in [2.45, 2.75) is 44.1 Å². The summed E-state index contributed by atoms with van der Waals surface area (Å²) in [6.45, 7) is 1.25. The highest BCUT2D eigenvalue weighted by Crippen LogP contribution is 2.35. The highest BCUT2D eigenvalue weighted by Gasteiger charge is 2.44. The topological polar surface area (TPSA) is 69.6 Å². The van der Waals surface area contributed by atoms with Crippen LogP contribution in [-0.2, 0) is 10.3 Å². The summed E-state index contributed by atoms with van der Waals surface area (Å²) in [6, 6.07) is 17.6. The molecular weight excluding hydrogens is 388 g/mol. The Balaban J connectivity index is 1.65. The van der Waals surface area contributed by atoms with E-state index in [1.165, 1.54) is 0 Å². The van der Waals surface area contributed by atoms with Crippen LogP contribution in [0.25, 0.3) is 0 Å². The maximum absolute atomic E-state index is 12.8. The van der Waals surface area contributed by atoms with E-state index in [1.54, 1.807) is 0 Å². The quantitative estimate of drug-likeness (QED) is 0.535. The molecule has 2 aromatic carbocycles. The van der Waals surface area contributed by atoms with E-state index in [2.05, 4.69) is 5.32 Å². The number of nitrogens with zero attached hydrogens (tertiary/aromatic N) is 1. The molecule has 1 atom stereocenters. The Hall–Kier alpha value is -2.53. The largest absolute Gasteiger partial charge is 0.481 e. The number of rotatable bonds is 10. The molecule has 0 aromatic heterocycles. The molecule has 5 nitrogen and oxygen atoms in total. The molecule has 0 spiro atoms. The van der Waals surface area contributed by atoms with Crippen molar-refractivity contribution in [3.05, 3.63) is 70.7 Å². The lowest BCUT2D eigenvalue weighted by Gasteiger charge is -2.30. The highest BCUT2D eigenvalue weighted by atomic mass is 35.5. The van der Waals surface area contributed by atoms with Crippen molar-refractivity contribution in [1.82, 2.24) is 10.2 Å². The molecule has 6 heteroatoms. The van der Waals surface area contributed by atoms with Crippen molar-refractivity contribution in [2.24, 2.45) is 0 Å². The van der Waals surface area contributed by atoms with Crippen LogP contribution in [0.4, 0.5) is 4.79 Å². The van der Waals surface area contributed by atoms with Crippen LogP contribution in [0, 0.1) is 0 Å². The predicted molar refractivity (Wildman–Crippen MR) is 114 cm³/mol. The van der Waals surface area contributed by atoms with Crippen molar-refractivity contribution in [3.8, 4) is 0 Å². The standard InChI is InChI=1S/C23H27ClN2O3/c24-20-14-12-19(13-15-20)23(18-9-5-4-6-10-18)17-26(22(29)25-23)16-8-3-1-2-7-11-21(27)28/h4-6,9-10,12-15H,1-3,7-8,11,16-17H2,(H,25,29)(H,27,28). The minimum atomic E-state index is -0.738. The van der Waals surface area contributed by atoms with E-state index in [0.29, 0.717) is 24.5 Å². The Labute approximate surface area is 176 Å². The summed E-state index contributed by atoms with van der Waals surface area (Å²) in [7, 11) is 0. The second kappa shape index (κ2) is 9.79. The van der Waals surface area contributed by atoms with Crippen LogP contribution in [-0.4, -0.2) is 35.1 Å². The Kier molecular flexibility index (Phi) is 7.15. The summed E-state index contributed by atoms with van der Waals surface area (Å²) in [6.07, 6.45) is 4.75. The highest BCUT2D eigenvalue weighted by molar-refractivity contribution is 6.30. The summed E-state index contributed by atoms with van der Waals surface area (Å²) in [5.41, 5.74) is 1.47. The van der Waals surface area contributed by atoms with Gasteiger partial charge in [0.15, 0.2) is 0 Å². The SMILES string of the molecule is O=C(O)CCCCCCCN1CC(c2ccccc2)(c2ccc(Cl)cc2)NC1=O. The van der Waals surface area contributed by atoms with Gasteiger partial charge in [-0.05, 0) is 36.1 Å². The molecule has 2 aromatic rings. The van der Waals surface area contributed by atoms with Crippen molar-refractivity contribution in [1.29, 1.82) is 0 Å². The van der Waals surface area contributed by atoms with Gasteiger partial charge in [-0.15, -0.1) is 0 Å². The maximum atomic E-state index is 12.8. The van der Waals surface area contributed by atoms with Crippen LogP contribution in [0.1, 0.15) is 49.7 Å². The molecule has 0 bridgehead atoms. The second-order valence-corrected chi connectivity index (χ2v) is 7.98. The third-order valence-electron chi connectivity index (χ3n) is 5.46. The molecule has 1 heterocycles. The van der Waals surface area contributed by atoms with Crippen LogP contribution in [0.3, 0.4) is 0 Å². The van der Waals surface area contributed by atoms with Gasteiger partial charge in [-0.2, -0.15) is 0 Å². The van der Waals surface area contributed by atoms with Gasteiger partial charge in [0.2, 0.25) is 0 Å². The van der Waals surface area contributed by atoms with Gasteiger partial charge in [-0.1, -0.05) is 73.3 Å². The zero-order chi connectivity index (χ0) is 20.7. The molecule has 2 N–H and O–H groups in total. The number of nitrogens with one attached hydrogen (secondary N) is 1. The van der Waals surface area contributed by atoms with Crippen LogP contribution in [0.15, 0.2) is 54.6 Å². The number of amides is 2. The van der Waals surface area contributed by atoms with Gasteiger partial charge < -0.3 is 15.3 Å². The van der Waals surface area contributed by atoms with Gasteiger partial charge in [0, 0.05) is 18.0 Å². The Morgan fingerprint density at radius 2 is 1.59 bits per heavy atom. The van der Waals surface area contributed by atoms with Crippen molar-refractivity contribution in [3.63, 3.8) is 0 Å². The van der Waals surface area contributed by atoms with E-state index in [4.69, 9.17) is 16.7 Å². The van der Waals surface area contributed by atoms with E-state index in [9.17, 15) is 9.59 Å². The molecule has 1 saturated heterocycles. The van der Waals surface area contributed by atoms with Gasteiger partial charge in [-0.3, -0.25) is 4.79 Å². The number of carboxylic acid groups (broad SMARTS) is 1. The van der Waals surface area contributed by atoms with Crippen LogP contribution < -0.4 is 5.32 Å². The van der Waals surface area contributed by atoms with Crippen LogP contribution in [0.5, 0.6) is 0 Å². The van der Waals surface area contributed by atoms with E-state index < -0.39 is 11.5 Å². The molecule has 1 aliphatic heterocycles. The van der Waals surface area contributed by atoms with Gasteiger partial charge in [0.25, 0.3) is 0 Å². The minimum absolute atomic E-state index is 0.0605. The first-order valence-electron chi connectivity index (χ1n) is 10.1. The smallest absolute Gasteiger partial charge is 0.318 e. The molecule has 154 valence electrons. The second-order valence-electron chi connectivity index (χ2n) is 7.54. The first kappa shape index (κ1) is 21.2. The molecule has 2 amide bonds. The molecule has 0 radical (unpaired) electrons. The molecule has 0 saturated carbocycles. The van der Waals surface area contributed by atoms with Gasteiger partial charge in [-0.25, -0.2) is 4.79 Å². The number of benzene rings is 2. The number of halogens is 1. The first-order chi connectivity index (χ1) is 14.0. The van der Waals surface area contributed by atoms with Gasteiger partial charge >= 0.3 is 12.0 Å². The van der Waals surface area contributed by atoms with E-state index in [1.807, 2.05) is 59.5 Å². The van der Waals surface area contributed by atoms with Crippen molar-refractivity contribution < 1.29 is 14.7 Å². The fourth-order valence-electron chi connectivity index (χ4n) is 3.90. The number of hydrogen-bond acceptors (Lipinski definition) is 2. The molecular formula is C23H27ClN2O3. The van der Waals surface area contributed by atoms with Gasteiger partial charge in [0.1, 0.15) is 5.54 Å². The Bertz CT molecular complexity index is 826. The number of urea groups is 1. The fourth-order valence-corrected chi connectivity index (χ4v) is 4.03. The zero-order valence-electron chi connectivity index (χ0n) is 16.4. The number of carboxylic acids is 1. The molecule has 29 heavy (non-hydrogen) atoms. The number of carbonyl (C=O) groups is 2. The normalized spacial score (nSPS) is 18.7. The van der Waals surface area contributed by atoms with Gasteiger partial charge in [0.05, 0.1) is 6.54 Å². The lowest BCUT2D eigenvalue weighted by Crippen LogP contribution is -2.41. The number of hydrogen-bond donors (Lipinski definition) is 2. The first-order valence-corrected chi connectivity index (χ1v) is 10.5. The molecule has 1 unspecified atom stereocenters. The van der Waals surface area contributed by atoms with E-state index in [-0.39, 0.29) is 12.5 Å².